The Kier molecular flexibility index (Phi) is 7.39. The quantitative estimate of drug-likeness (QED) is 0.654. The van der Waals surface area contributed by atoms with E-state index in [1.165, 1.54) is 0 Å². The molecule has 5 nitrogen and oxygen atoms in total. The second-order valence-corrected chi connectivity index (χ2v) is 5.60. The van der Waals surface area contributed by atoms with Gasteiger partial charge in [-0.1, -0.05) is 34.6 Å². The third-order valence-corrected chi connectivity index (χ3v) is 3.03. The number of hydrogen-bond donors (Lipinski definition) is 3. The Bertz CT molecular complexity index is 277. The number of hydrogen-bond acceptors (Lipinski definition) is 2. The van der Waals surface area contributed by atoms with Crippen LogP contribution in [0.15, 0.2) is 0 Å². The van der Waals surface area contributed by atoms with E-state index < -0.39 is 18.0 Å². The van der Waals surface area contributed by atoms with Gasteiger partial charge in [-0.05, 0) is 24.2 Å². The third kappa shape index (κ3) is 7.14. The summed E-state index contributed by atoms with van der Waals surface area (Å²) in [6.45, 7) is 10.6. The van der Waals surface area contributed by atoms with E-state index >= 15 is 0 Å². The normalized spacial score (nSPS) is 14.4. The maximum Gasteiger partial charge on any atom is 0.326 e. The Balaban J connectivity index is 4.14. The van der Waals surface area contributed by atoms with Crippen molar-refractivity contribution in [2.45, 2.75) is 47.1 Å². The van der Waals surface area contributed by atoms with Crippen LogP contribution in [0.5, 0.6) is 0 Å². The summed E-state index contributed by atoms with van der Waals surface area (Å²) in [4.78, 5) is 22.6. The van der Waals surface area contributed by atoms with Gasteiger partial charge in [-0.15, -0.1) is 0 Å². The van der Waals surface area contributed by atoms with Gasteiger partial charge in [-0.25, -0.2) is 9.59 Å². The van der Waals surface area contributed by atoms with Gasteiger partial charge in [0.15, 0.2) is 0 Å². The molecule has 0 rings (SSSR count). The first-order valence-electron chi connectivity index (χ1n) is 6.51. The van der Waals surface area contributed by atoms with Crippen molar-refractivity contribution in [2.75, 3.05) is 6.54 Å². The highest BCUT2D eigenvalue weighted by atomic mass is 16.4. The lowest BCUT2D eigenvalue weighted by atomic mass is 9.98. The summed E-state index contributed by atoms with van der Waals surface area (Å²) in [6, 6.07) is -1.23. The molecular weight excluding hydrogens is 232 g/mol. The molecule has 0 bridgehead atoms. The predicted octanol–water partition coefficient (Wildman–Crippen LogP) is 2.08. The average Bonchev–Trinajstić information content (AvgIpc) is 2.23. The van der Waals surface area contributed by atoms with Gasteiger partial charge in [0.05, 0.1) is 0 Å². The molecular formula is C13H26N2O3. The molecule has 1 unspecified atom stereocenters. The molecule has 0 aliphatic rings. The lowest BCUT2D eigenvalue weighted by Crippen LogP contribution is -2.47. The zero-order chi connectivity index (χ0) is 14.3. The molecule has 2 atom stereocenters. The van der Waals surface area contributed by atoms with E-state index in [1.54, 1.807) is 0 Å². The largest absolute Gasteiger partial charge is 0.480 e. The predicted molar refractivity (Wildman–Crippen MR) is 71.4 cm³/mol. The van der Waals surface area contributed by atoms with Gasteiger partial charge in [-0.2, -0.15) is 0 Å². The van der Waals surface area contributed by atoms with Gasteiger partial charge in [-0.3, -0.25) is 0 Å². The molecule has 0 saturated heterocycles. The van der Waals surface area contributed by atoms with Crippen molar-refractivity contribution < 1.29 is 14.7 Å². The van der Waals surface area contributed by atoms with E-state index in [4.69, 9.17) is 5.11 Å². The minimum Gasteiger partial charge on any atom is -0.480 e. The van der Waals surface area contributed by atoms with Crippen molar-refractivity contribution in [2.24, 2.45) is 17.8 Å². The van der Waals surface area contributed by atoms with Crippen LogP contribution in [0.2, 0.25) is 0 Å². The number of urea groups is 1. The molecule has 0 saturated carbocycles. The maximum atomic E-state index is 11.6. The third-order valence-electron chi connectivity index (χ3n) is 3.03. The van der Waals surface area contributed by atoms with Crippen LogP contribution in [0.1, 0.15) is 41.0 Å². The van der Waals surface area contributed by atoms with Crippen LogP contribution in [0.3, 0.4) is 0 Å². The van der Waals surface area contributed by atoms with Gasteiger partial charge in [0.1, 0.15) is 6.04 Å². The molecule has 0 aromatic carbocycles. The summed E-state index contributed by atoms with van der Waals surface area (Å²) in [7, 11) is 0. The fourth-order valence-electron chi connectivity index (χ4n) is 1.39. The molecule has 0 aliphatic heterocycles. The van der Waals surface area contributed by atoms with Crippen molar-refractivity contribution in [3.05, 3.63) is 0 Å². The number of carbonyl (C=O) groups excluding carboxylic acids is 1. The number of carboxylic acids is 1. The van der Waals surface area contributed by atoms with E-state index in [0.717, 1.165) is 0 Å². The van der Waals surface area contributed by atoms with Gasteiger partial charge in [0, 0.05) is 6.54 Å². The van der Waals surface area contributed by atoms with Crippen LogP contribution in [-0.2, 0) is 4.79 Å². The standard InChI is InChI=1S/C13H26N2O3/c1-8(2)6-11(12(16)17)15-13(18)14-7-10(5)9(3)4/h8-11H,6-7H2,1-5H3,(H,16,17)(H2,14,15,18)/t10?,11-/m0/s1. The molecule has 2 amide bonds. The molecule has 0 aromatic heterocycles. The van der Waals surface area contributed by atoms with E-state index in [9.17, 15) is 9.59 Å². The molecule has 0 aromatic rings. The molecule has 0 heterocycles. The van der Waals surface area contributed by atoms with Crippen molar-refractivity contribution >= 4 is 12.0 Å². The fraction of sp³-hybridized carbons (Fsp3) is 0.846. The van der Waals surface area contributed by atoms with E-state index in [0.29, 0.717) is 24.8 Å². The molecule has 5 heteroatoms. The minimum absolute atomic E-state index is 0.223. The fourth-order valence-corrected chi connectivity index (χ4v) is 1.39. The SMILES string of the molecule is CC(C)C[C@H](NC(=O)NCC(C)C(C)C)C(=O)O. The Morgan fingerprint density at radius 2 is 1.67 bits per heavy atom. The van der Waals surface area contributed by atoms with Crippen molar-refractivity contribution in [3.8, 4) is 0 Å². The summed E-state index contributed by atoms with van der Waals surface area (Å²) in [5.74, 6) is 0.0807. The van der Waals surface area contributed by atoms with Crippen LogP contribution in [0, 0.1) is 17.8 Å². The molecule has 18 heavy (non-hydrogen) atoms. The van der Waals surface area contributed by atoms with E-state index in [1.807, 2.05) is 20.8 Å². The van der Waals surface area contributed by atoms with Crippen LogP contribution in [0.4, 0.5) is 4.79 Å². The van der Waals surface area contributed by atoms with Crippen LogP contribution in [0.25, 0.3) is 0 Å². The zero-order valence-corrected chi connectivity index (χ0v) is 12.0. The lowest BCUT2D eigenvalue weighted by molar-refractivity contribution is -0.139. The average molecular weight is 258 g/mol. The number of aliphatic carboxylic acids is 1. The molecule has 0 radical (unpaired) electrons. The van der Waals surface area contributed by atoms with Gasteiger partial charge < -0.3 is 15.7 Å². The Labute approximate surface area is 109 Å². The van der Waals surface area contributed by atoms with E-state index in [2.05, 4.69) is 24.5 Å². The number of carboxylic acid groups (broad SMARTS) is 1. The Morgan fingerprint density at radius 3 is 2.06 bits per heavy atom. The molecule has 0 aliphatic carbocycles. The Hall–Kier alpha value is -1.26. The maximum absolute atomic E-state index is 11.6. The summed E-state index contributed by atoms with van der Waals surface area (Å²) >= 11 is 0. The molecule has 3 N–H and O–H groups in total. The first-order chi connectivity index (χ1) is 8.23. The second-order valence-electron chi connectivity index (χ2n) is 5.60. The lowest BCUT2D eigenvalue weighted by Gasteiger charge is -2.19. The topological polar surface area (TPSA) is 78.4 Å². The van der Waals surface area contributed by atoms with Crippen LogP contribution in [-0.4, -0.2) is 29.7 Å². The summed E-state index contributed by atoms with van der Waals surface area (Å²) in [5, 5.41) is 14.2. The second kappa shape index (κ2) is 7.95. The Morgan fingerprint density at radius 1 is 1.11 bits per heavy atom. The summed E-state index contributed by atoms with van der Waals surface area (Å²) in [6.07, 6.45) is 0.433. The number of carbonyl (C=O) groups is 2. The number of rotatable bonds is 7. The first kappa shape index (κ1) is 16.7. The zero-order valence-electron chi connectivity index (χ0n) is 12.0. The molecule has 0 fully saturated rings. The highest BCUT2D eigenvalue weighted by molar-refractivity contribution is 5.82. The van der Waals surface area contributed by atoms with Gasteiger partial charge in [0.25, 0.3) is 0 Å². The summed E-state index contributed by atoms with van der Waals surface area (Å²) in [5.41, 5.74) is 0. The highest BCUT2D eigenvalue weighted by Crippen LogP contribution is 2.08. The van der Waals surface area contributed by atoms with Crippen LogP contribution >= 0.6 is 0 Å². The smallest absolute Gasteiger partial charge is 0.326 e. The molecule has 0 spiro atoms. The van der Waals surface area contributed by atoms with E-state index in [-0.39, 0.29) is 5.92 Å². The first-order valence-corrected chi connectivity index (χ1v) is 6.51. The summed E-state index contributed by atoms with van der Waals surface area (Å²) < 4.78 is 0. The monoisotopic (exact) mass is 258 g/mol. The molecule has 106 valence electrons. The van der Waals surface area contributed by atoms with Crippen molar-refractivity contribution in [1.82, 2.24) is 10.6 Å². The van der Waals surface area contributed by atoms with Crippen molar-refractivity contribution in [1.29, 1.82) is 0 Å². The number of nitrogens with one attached hydrogen (secondary N) is 2. The minimum atomic E-state index is -0.990. The van der Waals surface area contributed by atoms with Gasteiger partial charge in [0.2, 0.25) is 0 Å². The van der Waals surface area contributed by atoms with Crippen molar-refractivity contribution in [3.63, 3.8) is 0 Å². The van der Waals surface area contributed by atoms with Crippen LogP contribution < -0.4 is 10.6 Å². The highest BCUT2D eigenvalue weighted by Gasteiger charge is 2.21. The number of amides is 2. The van der Waals surface area contributed by atoms with Gasteiger partial charge >= 0.3 is 12.0 Å².